The summed E-state index contributed by atoms with van der Waals surface area (Å²) in [6, 6.07) is 2.05. The van der Waals surface area contributed by atoms with E-state index in [1.807, 2.05) is 11.0 Å². The van der Waals surface area contributed by atoms with Gasteiger partial charge < -0.3 is 9.80 Å². The van der Waals surface area contributed by atoms with Crippen LogP contribution in [0.4, 0.5) is 5.95 Å². The van der Waals surface area contributed by atoms with Gasteiger partial charge in [-0.2, -0.15) is 0 Å². The van der Waals surface area contributed by atoms with Gasteiger partial charge in [0.15, 0.2) is 0 Å². The normalized spacial score (nSPS) is 26.6. The van der Waals surface area contributed by atoms with Gasteiger partial charge in [-0.1, -0.05) is 0 Å². The molecule has 3 heterocycles. The van der Waals surface area contributed by atoms with E-state index in [1.165, 1.54) is 0 Å². The number of nitrogens with zero attached hydrogens (tertiary/aromatic N) is 4. The van der Waals surface area contributed by atoms with Crippen molar-refractivity contribution in [2.24, 2.45) is 5.92 Å². The first kappa shape index (κ1) is 12.9. The Labute approximate surface area is 119 Å². The molecule has 2 unspecified atom stereocenters. The lowest BCUT2D eigenvalue weighted by Crippen LogP contribution is -2.49. The predicted octanol–water partition coefficient (Wildman–Crippen LogP) is 0.927. The van der Waals surface area contributed by atoms with Crippen LogP contribution < -0.4 is 4.90 Å². The summed E-state index contributed by atoms with van der Waals surface area (Å²) in [5, 5.41) is 0. The van der Waals surface area contributed by atoms with E-state index in [0.29, 0.717) is 13.0 Å². The maximum Gasteiger partial charge on any atom is 0.225 e. The predicted molar refractivity (Wildman–Crippen MR) is 75.9 cm³/mol. The molecule has 104 valence electrons. The van der Waals surface area contributed by atoms with Crippen molar-refractivity contribution < 1.29 is 4.79 Å². The molecule has 0 saturated carbocycles. The molecule has 20 heavy (non-hydrogen) atoms. The van der Waals surface area contributed by atoms with E-state index >= 15 is 0 Å². The van der Waals surface area contributed by atoms with Gasteiger partial charge in [-0.05, 0) is 18.9 Å². The van der Waals surface area contributed by atoms with E-state index in [1.54, 1.807) is 12.4 Å². The standard InChI is InChI=1S/C15H18N4O/c1-2-12-9-14(20)19(10-12)13-5-3-8-18(11-13)15-16-6-4-7-17-15/h1,4,6-7,12-13H,3,5,8-11H2. The largest absolute Gasteiger partial charge is 0.339 e. The molecule has 5 heteroatoms. The monoisotopic (exact) mass is 270 g/mol. The lowest BCUT2D eigenvalue weighted by Gasteiger charge is -2.37. The maximum absolute atomic E-state index is 12.1. The summed E-state index contributed by atoms with van der Waals surface area (Å²) in [6.45, 7) is 2.44. The van der Waals surface area contributed by atoms with Gasteiger partial charge in [-0.25, -0.2) is 9.97 Å². The lowest BCUT2D eigenvalue weighted by atomic mass is 10.0. The maximum atomic E-state index is 12.1. The highest BCUT2D eigenvalue weighted by Gasteiger charge is 2.35. The zero-order valence-corrected chi connectivity index (χ0v) is 11.4. The molecular weight excluding hydrogens is 252 g/mol. The molecule has 2 atom stereocenters. The molecule has 0 radical (unpaired) electrons. The summed E-state index contributed by atoms with van der Waals surface area (Å²) < 4.78 is 0. The van der Waals surface area contributed by atoms with Gasteiger partial charge in [0.2, 0.25) is 11.9 Å². The van der Waals surface area contributed by atoms with Crippen molar-refractivity contribution in [1.82, 2.24) is 14.9 Å². The highest BCUT2D eigenvalue weighted by molar-refractivity contribution is 5.79. The fourth-order valence-corrected chi connectivity index (χ4v) is 3.04. The molecule has 0 aliphatic carbocycles. The number of aromatic nitrogens is 2. The van der Waals surface area contributed by atoms with Crippen LogP contribution in [0.3, 0.4) is 0 Å². The summed E-state index contributed by atoms with van der Waals surface area (Å²) in [4.78, 5) is 24.8. The Morgan fingerprint density at radius 1 is 1.30 bits per heavy atom. The molecule has 1 aromatic rings. The Bertz CT molecular complexity index is 524. The number of amides is 1. The molecule has 2 aliphatic heterocycles. The number of terminal acetylenes is 1. The molecule has 0 N–H and O–H groups in total. The van der Waals surface area contributed by atoms with Crippen molar-refractivity contribution in [2.45, 2.75) is 25.3 Å². The molecule has 0 bridgehead atoms. The van der Waals surface area contributed by atoms with Crippen LogP contribution in [0.1, 0.15) is 19.3 Å². The SMILES string of the molecule is C#CC1CC(=O)N(C2CCCN(c3ncccn3)C2)C1. The molecule has 2 fully saturated rings. The minimum atomic E-state index is 0.0749. The van der Waals surface area contributed by atoms with Gasteiger partial charge in [0.25, 0.3) is 0 Å². The lowest BCUT2D eigenvalue weighted by molar-refractivity contribution is -0.129. The van der Waals surface area contributed by atoms with E-state index < -0.39 is 0 Å². The molecule has 2 saturated heterocycles. The number of rotatable bonds is 2. The third-order valence-corrected chi connectivity index (χ3v) is 4.07. The van der Waals surface area contributed by atoms with Crippen molar-refractivity contribution >= 4 is 11.9 Å². The Balaban J connectivity index is 1.70. The van der Waals surface area contributed by atoms with Crippen LogP contribution in [0.2, 0.25) is 0 Å². The second-order valence-electron chi connectivity index (χ2n) is 5.40. The smallest absolute Gasteiger partial charge is 0.225 e. The van der Waals surface area contributed by atoms with Gasteiger partial charge in [0, 0.05) is 50.4 Å². The minimum Gasteiger partial charge on any atom is -0.339 e. The topological polar surface area (TPSA) is 49.3 Å². The van der Waals surface area contributed by atoms with Gasteiger partial charge in [-0.3, -0.25) is 4.79 Å². The number of anilines is 1. The Morgan fingerprint density at radius 3 is 2.80 bits per heavy atom. The van der Waals surface area contributed by atoms with Crippen LogP contribution in [0.25, 0.3) is 0 Å². The van der Waals surface area contributed by atoms with Crippen molar-refractivity contribution in [3.05, 3.63) is 18.5 Å². The first-order chi connectivity index (χ1) is 9.78. The number of carbonyl (C=O) groups is 1. The van der Waals surface area contributed by atoms with E-state index in [0.717, 1.165) is 31.9 Å². The van der Waals surface area contributed by atoms with Crippen LogP contribution >= 0.6 is 0 Å². The molecule has 3 rings (SSSR count). The average Bonchev–Trinajstić information content (AvgIpc) is 2.89. The third kappa shape index (κ3) is 2.46. The zero-order valence-electron chi connectivity index (χ0n) is 11.4. The van der Waals surface area contributed by atoms with Gasteiger partial charge in [0.05, 0.1) is 0 Å². The fraction of sp³-hybridized carbons (Fsp3) is 0.533. The number of hydrogen-bond acceptors (Lipinski definition) is 4. The first-order valence-corrected chi connectivity index (χ1v) is 7.05. The molecule has 1 amide bonds. The quantitative estimate of drug-likeness (QED) is 0.750. The molecule has 0 aromatic carbocycles. The highest BCUT2D eigenvalue weighted by Crippen LogP contribution is 2.25. The Hall–Kier alpha value is -2.09. The number of carbonyl (C=O) groups excluding carboxylic acids is 1. The molecule has 5 nitrogen and oxygen atoms in total. The number of hydrogen-bond donors (Lipinski definition) is 0. The van der Waals surface area contributed by atoms with Gasteiger partial charge >= 0.3 is 0 Å². The van der Waals surface area contributed by atoms with Crippen molar-refractivity contribution in [3.8, 4) is 12.3 Å². The molecule has 2 aliphatic rings. The Morgan fingerprint density at radius 2 is 2.10 bits per heavy atom. The van der Waals surface area contributed by atoms with E-state index in [9.17, 15) is 4.79 Å². The second kappa shape index (κ2) is 5.49. The average molecular weight is 270 g/mol. The van der Waals surface area contributed by atoms with Crippen LogP contribution in [-0.2, 0) is 4.79 Å². The van der Waals surface area contributed by atoms with Crippen molar-refractivity contribution in [2.75, 3.05) is 24.5 Å². The summed E-state index contributed by atoms with van der Waals surface area (Å²) in [5.41, 5.74) is 0. The Kier molecular flexibility index (Phi) is 3.55. The van der Waals surface area contributed by atoms with E-state index in [2.05, 4.69) is 20.8 Å². The van der Waals surface area contributed by atoms with Crippen LogP contribution in [0, 0.1) is 18.3 Å². The van der Waals surface area contributed by atoms with E-state index in [4.69, 9.17) is 6.42 Å². The summed E-state index contributed by atoms with van der Waals surface area (Å²) in [6.07, 6.45) is 11.5. The summed E-state index contributed by atoms with van der Waals surface area (Å²) >= 11 is 0. The molecular formula is C15H18N4O. The number of likely N-dealkylation sites (tertiary alicyclic amines) is 1. The van der Waals surface area contributed by atoms with Crippen LogP contribution in [0.15, 0.2) is 18.5 Å². The van der Waals surface area contributed by atoms with E-state index in [-0.39, 0.29) is 17.9 Å². The van der Waals surface area contributed by atoms with Crippen molar-refractivity contribution in [1.29, 1.82) is 0 Å². The van der Waals surface area contributed by atoms with Gasteiger partial charge in [0.1, 0.15) is 0 Å². The molecule has 0 spiro atoms. The highest BCUT2D eigenvalue weighted by atomic mass is 16.2. The second-order valence-corrected chi connectivity index (χ2v) is 5.40. The zero-order chi connectivity index (χ0) is 13.9. The third-order valence-electron chi connectivity index (χ3n) is 4.07. The summed E-state index contributed by atoms with van der Waals surface area (Å²) in [5.74, 6) is 3.72. The minimum absolute atomic E-state index is 0.0749. The fourth-order valence-electron chi connectivity index (χ4n) is 3.04. The van der Waals surface area contributed by atoms with Crippen molar-refractivity contribution in [3.63, 3.8) is 0 Å². The molecule has 1 aromatic heterocycles. The van der Waals surface area contributed by atoms with Gasteiger partial charge in [-0.15, -0.1) is 12.3 Å². The number of piperidine rings is 1. The summed E-state index contributed by atoms with van der Waals surface area (Å²) in [7, 11) is 0. The van der Waals surface area contributed by atoms with Crippen LogP contribution in [0.5, 0.6) is 0 Å². The first-order valence-electron chi connectivity index (χ1n) is 7.05. The van der Waals surface area contributed by atoms with Crippen LogP contribution in [-0.4, -0.2) is 46.5 Å².